The van der Waals surface area contributed by atoms with Crippen molar-refractivity contribution in [3.05, 3.63) is 34.4 Å². The Morgan fingerprint density at radius 2 is 1.65 bits per heavy atom. The van der Waals surface area contributed by atoms with Crippen molar-refractivity contribution in [3.63, 3.8) is 0 Å². The molecule has 0 amide bonds. The maximum atomic E-state index is 14.1. The summed E-state index contributed by atoms with van der Waals surface area (Å²) < 4.78 is 38.3. The summed E-state index contributed by atoms with van der Waals surface area (Å²) in [5, 5.41) is 13.6. The molecule has 0 bridgehead atoms. The van der Waals surface area contributed by atoms with Crippen LogP contribution < -0.4 is 5.32 Å². The number of rotatable bonds is 9. The van der Waals surface area contributed by atoms with E-state index in [1.54, 1.807) is 0 Å². The zero-order valence-electron chi connectivity index (χ0n) is 34.6. The zero-order chi connectivity index (χ0) is 39.3. The molecule has 7 aliphatic rings. The number of likely N-dealkylation sites (tertiary alicyclic amines) is 1. The van der Waals surface area contributed by atoms with Crippen molar-refractivity contribution in [1.82, 2.24) is 10.2 Å². The molecule has 1 aliphatic heterocycles. The third-order valence-electron chi connectivity index (χ3n) is 17.7. The predicted molar refractivity (Wildman–Crippen MR) is 213 cm³/mol. The van der Waals surface area contributed by atoms with Gasteiger partial charge in [0.1, 0.15) is 16.5 Å². The lowest BCUT2D eigenvalue weighted by atomic mass is 9.33. The number of halogens is 1. The van der Waals surface area contributed by atoms with Gasteiger partial charge in [-0.15, -0.1) is 0 Å². The van der Waals surface area contributed by atoms with Crippen LogP contribution >= 0.6 is 0 Å². The molecular weight excluding hydrogens is 700 g/mol. The molecule has 0 spiro atoms. The molecule has 3 saturated carbocycles. The van der Waals surface area contributed by atoms with Crippen molar-refractivity contribution in [2.24, 2.45) is 50.7 Å². The van der Waals surface area contributed by atoms with Crippen molar-refractivity contribution in [2.75, 3.05) is 39.1 Å². The summed E-state index contributed by atoms with van der Waals surface area (Å²) in [6.45, 7) is 19.5. The van der Waals surface area contributed by atoms with Gasteiger partial charge >= 0.3 is 5.97 Å². The minimum Gasteiger partial charge on any atom is -0.481 e. The average molecular weight is 769 g/mol. The number of allylic oxidation sites excluding steroid dienone is 5. The standard InChI is InChI=1S/C45H69FN2O5S/c1-29(2)37-34(49)27-45(47-23-26-48-24-15-31(16-25-48)54(8,52)53)22-21-42(6)33(38(37)45)9-10-36-41(5)17-13-32(40(3,4)35(41)14-18-43(36,42)7)30-11-19-44(28-46,20-12-30)39(50)51/h11,13,29,31,33,35-36,47H,9-10,12,14-28H2,1-8H3,(H,50,51)/t33-,35+,36-,41+,42-,43-,44?,45-/m1/s1. The number of sulfone groups is 1. The van der Waals surface area contributed by atoms with Crippen LogP contribution in [-0.4, -0.2) is 80.1 Å². The number of carboxylic acids is 1. The first-order chi connectivity index (χ1) is 25.2. The normalized spacial score (nSPS) is 41.4. The van der Waals surface area contributed by atoms with Gasteiger partial charge in [-0.25, -0.2) is 12.8 Å². The van der Waals surface area contributed by atoms with E-state index in [-0.39, 0.29) is 44.8 Å². The number of carbonyl (C=O) groups excluding carboxylic acids is 1. The largest absolute Gasteiger partial charge is 0.481 e. The molecule has 7 rings (SSSR count). The molecule has 0 aromatic rings. The highest BCUT2D eigenvalue weighted by Gasteiger charge is 2.69. The Balaban J connectivity index is 1.14. The summed E-state index contributed by atoms with van der Waals surface area (Å²) in [5.41, 5.74) is 3.87. The quantitative estimate of drug-likeness (QED) is 0.243. The molecule has 0 aromatic carbocycles. The van der Waals surface area contributed by atoms with Gasteiger partial charge < -0.3 is 15.3 Å². The lowest BCUT2D eigenvalue weighted by Crippen LogP contribution is -2.66. The topological polar surface area (TPSA) is 104 Å². The molecule has 2 N–H and O–H groups in total. The van der Waals surface area contributed by atoms with E-state index >= 15 is 0 Å². The maximum Gasteiger partial charge on any atom is 0.312 e. The number of piperidine rings is 1. The summed E-state index contributed by atoms with van der Waals surface area (Å²) >= 11 is 0. The Bertz CT molecular complexity index is 1760. The lowest BCUT2D eigenvalue weighted by molar-refractivity contribution is -0.196. The Hall–Kier alpha value is -1.84. The molecule has 0 aromatic heterocycles. The van der Waals surface area contributed by atoms with Crippen molar-refractivity contribution < 1.29 is 27.5 Å². The number of hydrogen-bond donors (Lipinski definition) is 2. The van der Waals surface area contributed by atoms with Gasteiger partial charge in [-0.3, -0.25) is 9.59 Å². The lowest BCUT2D eigenvalue weighted by Gasteiger charge is -2.71. The second-order valence-electron chi connectivity index (χ2n) is 20.8. The van der Waals surface area contributed by atoms with E-state index in [4.69, 9.17) is 0 Å². The van der Waals surface area contributed by atoms with Crippen LogP contribution in [0.15, 0.2) is 34.4 Å². The molecule has 8 atom stereocenters. The van der Waals surface area contributed by atoms with Crippen LogP contribution in [0.5, 0.6) is 0 Å². The second-order valence-corrected chi connectivity index (χ2v) is 23.1. The number of nitrogens with one attached hydrogen (secondary N) is 1. The van der Waals surface area contributed by atoms with Crippen LogP contribution in [0.25, 0.3) is 0 Å². The van der Waals surface area contributed by atoms with E-state index in [0.717, 1.165) is 70.3 Å². The molecule has 9 heteroatoms. The maximum absolute atomic E-state index is 14.1. The van der Waals surface area contributed by atoms with E-state index < -0.39 is 27.9 Å². The first-order valence-electron chi connectivity index (χ1n) is 21.3. The first-order valence-corrected chi connectivity index (χ1v) is 23.3. The van der Waals surface area contributed by atoms with Crippen molar-refractivity contribution in [3.8, 4) is 0 Å². The molecule has 54 heavy (non-hydrogen) atoms. The molecule has 4 fully saturated rings. The zero-order valence-corrected chi connectivity index (χ0v) is 35.4. The fourth-order valence-electron chi connectivity index (χ4n) is 14.5. The highest BCUT2D eigenvalue weighted by Crippen LogP contribution is 2.76. The number of carboxylic acid groups (broad SMARTS) is 1. The van der Waals surface area contributed by atoms with Crippen LogP contribution in [0, 0.1) is 50.7 Å². The van der Waals surface area contributed by atoms with E-state index in [9.17, 15) is 27.5 Å². The van der Waals surface area contributed by atoms with Gasteiger partial charge in [0, 0.05) is 31.3 Å². The summed E-state index contributed by atoms with van der Waals surface area (Å²) in [4.78, 5) is 28.5. The Labute approximate surface area is 325 Å². The predicted octanol–water partition coefficient (Wildman–Crippen LogP) is 8.51. The third-order valence-corrected chi connectivity index (χ3v) is 19.4. The monoisotopic (exact) mass is 768 g/mol. The fraction of sp³-hybridized carbons (Fsp3) is 0.822. The summed E-state index contributed by atoms with van der Waals surface area (Å²) in [5.74, 6) is 0.942. The van der Waals surface area contributed by atoms with Gasteiger partial charge in [0.2, 0.25) is 0 Å². The van der Waals surface area contributed by atoms with Crippen molar-refractivity contribution in [2.45, 2.75) is 143 Å². The Kier molecular flexibility index (Phi) is 10.2. The summed E-state index contributed by atoms with van der Waals surface area (Å²) in [7, 11) is -3.00. The van der Waals surface area contributed by atoms with Gasteiger partial charge in [0.15, 0.2) is 5.78 Å². The van der Waals surface area contributed by atoms with Crippen LogP contribution in [0.4, 0.5) is 4.39 Å². The Morgan fingerprint density at radius 3 is 2.24 bits per heavy atom. The van der Waals surface area contributed by atoms with Gasteiger partial charge in [0.25, 0.3) is 0 Å². The van der Waals surface area contributed by atoms with Gasteiger partial charge in [-0.2, -0.15) is 0 Å². The molecular formula is C45H69FN2O5S. The Morgan fingerprint density at radius 1 is 0.944 bits per heavy atom. The molecule has 302 valence electrons. The number of carbonyl (C=O) groups is 2. The second kappa shape index (κ2) is 13.6. The average Bonchev–Trinajstić information content (AvgIpc) is 3.40. The number of Topliss-reactive ketones (excluding diaryl/α,β-unsaturated/α-hetero) is 1. The number of fused-ring (bicyclic) bond motifs is 7. The summed E-state index contributed by atoms with van der Waals surface area (Å²) in [6.07, 6.45) is 16.9. The van der Waals surface area contributed by atoms with Gasteiger partial charge in [-0.1, -0.05) is 60.6 Å². The molecule has 0 radical (unpaired) electrons. The highest BCUT2D eigenvalue weighted by molar-refractivity contribution is 7.91. The van der Waals surface area contributed by atoms with E-state index in [1.165, 1.54) is 29.4 Å². The SMILES string of the molecule is CC(C)C1=C2[C@H]3CC[C@@H]4[C@@]5(C)CC=C(C6=CCC(CF)(C(=O)O)CC6)C(C)(C)[C@@H]5CC[C@@]4(C)[C@]3(C)CC[C@@]2(NCCN2CCC(S(C)(=O)=O)CC2)CC1=O. The number of hydrogen-bond acceptors (Lipinski definition) is 6. The minimum atomic E-state index is -3.00. The van der Waals surface area contributed by atoms with Crippen LogP contribution in [0.2, 0.25) is 0 Å². The molecule has 1 saturated heterocycles. The fourth-order valence-corrected chi connectivity index (χ4v) is 15.6. The summed E-state index contributed by atoms with van der Waals surface area (Å²) in [6, 6.07) is 0. The van der Waals surface area contributed by atoms with E-state index in [1.807, 2.05) is 0 Å². The number of aliphatic carboxylic acids is 1. The molecule has 1 unspecified atom stereocenters. The van der Waals surface area contributed by atoms with E-state index in [2.05, 4.69) is 70.8 Å². The van der Waals surface area contributed by atoms with Crippen LogP contribution in [0.3, 0.4) is 0 Å². The van der Waals surface area contributed by atoms with Crippen molar-refractivity contribution in [1.29, 1.82) is 0 Å². The molecule has 7 nitrogen and oxygen atoms in total. The number of ketones is 1. The van der Waals surface area contributed by atoms with Crippen LogP contribution in [-0.2, 0) is 19.4 Å². The highest BCUT2D eigenvalue weighted by atomic mass is 32.2. The van der Waals surface area contributed by atoms with Crippen molar-refractivity contribution >= 4 is 21.6 Å². The van der Waals surface area contributed by atoms with Gasteiger partial charge in [-0.05, 0) is 158 Å². The molecule has 6 aliphatic carbocycles. The number of nitrogens with zero attached hydrogens (tertiary/aromatic N) is 1. The molecule has 1 heterocycles. The minimum absolute atomic E-state index is 0.0617. The van der Waals surface area contributed by atoms with Crippen LogP contribution in [0.1, 0.15) is 132 Å². The van der Waals surface area contributed by atoms with E-state index in [0.29, 0.717) is 55.6 Å². The first kappa shape index (κ1) is 40.4. The third kappa shape index (κ3) is 6.00. The smallest absolute Gasteiger partial charge is 0.312 e. The number of alkyl halides is 1. The van der Waals surface area contributed by atoms with Gasteiger partial charge in [0.05, 0.1) is 10.7 Å².